The first-order chi connectivity index (χ1) is 8.79. The number of benzene rings is 1. The summed E-state index contributed by atoms with van der Waals surface area (Å²) in [6.45, 7) is 2.11. The van der Waals surface area contributed by atoms with E-state index in [9.17, 15) is 4.39 Å². The van der Waals surface area contributed by atoms with Crippen molar-refractivity contribution in [1.82, 2.24) is 4.98 Å². The SMILES string of the molecule is COc1cc2c(N3CCCC3)ccnc2cc1F. The molecule has 1 aliphatic heterocycles. The molecule has 0 aliphatic carbocycles. The van der Waals surface area contributed by atoms with Crippen molar-refractivity contribution in [3.63, 3.8) is 0 Å². The molecule has 0 bridgehead atoms. The summed E-state index contributed by atoms with van der Waals surface area (Å²) in [5, 5.41) is 0.956. The molecule has 0 radical (unpaired) electrons. The number of halogens is 1. The zero-order valence-electron chi connectivity index (χ0n) is 10.3. The van der Waals surface area contributed by atoms with Crippen molar-refractivity contribution in [2.24, 2.45) is 0 Å². The Morgan fingerprint density at radius 2 is 2.06 bits per heavy atom. The fourth-order valence-electron chi connectivity index (χ4n) is 2.52. The minimum absolute atomic E-state index is 0.274. The van der Waals surface area contributed by atoms with Crippen LogP contribution >= 0.6 is 0 Å². The zero-order chi connectivity index (χ0) is 12.5. The highest BCUT2D eigenvalue weighted by Gasteiger charge is 2.16. The van der Waals surface area contributed by atoms with Crippen molar-refractivity contribution < 1.29 is 9.13 Å². The molecular weight excluding hydrogens is 231 g/mol. The predicted molar refractivity (Wildman–Crippen MR) is 69.7 cm³/mol. The van der Waals surface area contributed by atoms with E-state index in [1.165, 1.54) is 26.0 Å². The van der Waals surface area contributed by atoms with Crippen LogP contribution in [0, 0.1) is 5.82 Å². The van der Waals surface area contributed by atoms with Gasteiger partial charge in [-0.1, -0.05) is 0 Å². The van der Waals surface area contributed by atoms with E-state index in [2.05, 4.69) is 9.88 Å². The largest absolute Gasteiger partial charge is 0.494 e. The number of methoxy groups -OCH3 is 1. The first kappa shape index (κ1) is 11.3. The highest BCUT2D eigenvalue weighted by Crippen LogP contribution is 2.32. The van der Waals surface area contributed by atoms with Crippen molar-refractivity contribution in [3.05, 3.63) is 30.2 Å². The first-order valence-electron chi connectivity index (χ1n) is 6.17. The summed E-state index contributed by atoms with van der Waals surface area (Å²) in [7, 11) is 1.48. The molecule has 1 aromatic heterocycles. The van der Waals surface area contributed by atoms with E-state index in [4.69, 9.17) is 4.74 Å². The van der Waals surface area contributed by atoms with Gasteiger partial charge in [-0.15, -0.1) is 0 Å². The van der Waals surface area contributed by atoms with Gasteiger partial charge < -0.3 is 9.64 Å². The van der Waals surface area contributed by atoms with Gasteiger partial charge in [-0.3, -0.25) is 4.98 Å². The maximum Gasteiger partial charge on any atom is 0.167 e. The maximum absolute atomic E-state index is 13.7. The Hall–Kier alpha value is -1.84. The molecule has 1 fully saturated rings. The minimum atomic E-state index is -0.365. The van der Waals surface area contributed by atoms with E-state index < -0.39 is 0 Å². The van der Waals surface area contributed by atoms with Crippen LogP contribution in [0.4, 0.5) is 10.1 Å². The summed E-state index contributed by atoms with van der Waals surface area (Å²) < 4.78 is 18.7. The number of aromatic nitrogens is 1. The van der Waals surface area contributed by atoms with Crippen molar-refractivity contribution in [2.45, 2.75) is 12.8 Å². The summed E-state index contributed by atoms with van der Waals surface area (Å²) >= 11 is 0. The van der Waals surface area contributed by atoms with E-state index in [0.717, 1.165) is 24.2 Å². The highest BCUT2D eigenvalue weighted by atomic mass is 19.1. The van der Waals surface area contributed by atoms with Gasteiger partial charge in [-0.2, -0.15) is 0 Å². The van der Waals surface area contributed by atoms with Gasteiger partial charge in [-0.05, 0) is 25.0 Å². The van der Waals surface area contributed by atoms with Gasteiger partial charge in [-0.25, -0.2) is 4.39 Å². The number of nitrogens with zero attached hydrogens (tertiary/aromatic N) is 2. The number of rotatable bonds is 2. The summed E-state index contributed by atoms with van der Waals surface area (Å²) in [4.78, 5) is 6.55. The van der Waals surface area contributed by atoms with Crippen molar-refractivity contribution in [2.75, 3.05) is 25.1 Å². The summed E-state index contributed by atoms with van der Waals surface area (Å²) in [5.41, 5.74) is 1.80. The van der Waals surface area contributed by atoms with Crippen LogP contribution in [0.2, 0.25) is 0 Å². The van der Waals surface area contributed by atoms with Crippen LogP contribution in [0.1, 0.15) is 12.8 Å². The van der Waals surface area contributed by atoms with Gasteiger partial charge in [0, 0.05) is 36.4 Å². The molecule has 0 atom stereocenters. The molecule has 4 heteroatoms. The van der Waals surface area contributed by atoms with Crippen LogP contribution in [-0.4, -0.2) is 25.2 Å². The Bertz CT molecular complexity index is 579. The molecule has 18 heavy (non-hydrogen) atoms. The maximum atomic E-state index is 13.7. The Morgan fingerprint density at radius 1 is 1.28 bits per heavy atom. The second-order valence-electron chi connectivity index (χ2n) is 4.53. The lowest BCUT2D eigenvalue weighted by molar-refractivity contribution is 0.387. The third-order valence-corrected chi connectivity index (χ3v) is 3.44. The standard InChI is InChI=1S/C14H15FN2O/c1-18-14-8-10-12(9-11(14)15)16-5-4-13(10)17-6-2-3-7-17/h4-5,8-9H,2-3,6-7H2,1H3. The van der Waals surface area contributed by atoms with Crippen LogP contribution in [0.5, 0.6) is 5.75 Å². The van der Waals surface area contributed by atoms with Crippen molar-refractivity contribution in [1.29, 1.82) is 0 Å². The normalized spacial score (nSPS) is 15.3. The quantitative estimate of drug-likeness (QED) is 0.814. The van der Waals surface area contributed by atoms with Gasteiger partial charge in [0.25, 0.3) is 0 Å². The smallest absolute Gasteiger partial charge is 0.167 e. The van der Waals surface area contributed by atoms with Crippen molar-refractivity contribution >= 4 is 16.6 Å². The lowest BCUT2D eigenvalue weighted by Crippen LogP contribution is -2.17. The zero-order valence-corrected chi connectivity index (χ0v) is 10.3. The number of hydrogen-bond donors (Lipinski definition) is 0. The average molecular weight is 246 g/mol. The van der Waals surface area contributed by atoms with E-state index in [1.54, 1.807) is 12.3 Å². The molecule has 2 heterocycles. The molecule has 2 aromatic rings. The molecular formula is C14H15FN2O. The number of ether oxygens (including phenoxy) is 1. The number of pyridine rings is 1. The van der Waals surface area contributed by atoms with Crippen LogP contribution in [0.25, 0.3) is 10.9 Å². The first-order valence-corrected chi connectivity index (χ1v) is 6.17. The Kier molecular flexibility index (Phi) is 2.78. The van der Waals surface area contributed by atoms with Crippen LogP contribution < -0.4 is 9.64 Å². The van der Waals surface area contributed by atoms with Gasteiger partial charge >= 0.3 is 0 Å². The fourth-order valence-corrected chi connectivity index (χ4v) is 2.52. The summed E-state index contributed by atoms with van der Waals surface area (Å²) in [5.74, 6) is -0.0907. The van der Waals surface area contributed by atoms with E-state index in [0.29, 0.717) is 5.52 Å². The van der Waals surface area contributed by atoms with Gasteiger partial charge in [0.15, 0.2) is 11.6 Å². The van der Waals surface area contributed by atoms with Crippen molar-refractivity contribution in [3.8, 4) is 5.75 Å². The summed E-state index contributed by atoms with van der Waals surface area (Å²) in [6, 6.07) is 5.17. The third-order valence-electron chi connectivity index (χ3n) is 3.44. The minimum Gasteiger partial charge on any atom is -0.494 e. The monoisotopic (exact) mass is 246 g/mol. The summed E-state index contributed by atoms with van der Waals surface area (Å²) in [6.07, 6.45) is 4.16. The number of fused-ring (bicyclic) bond motifs is 1. The molecule has 1 saturated heterocycles. The molecule has 0 amide bonds. The van der Waals surface area contributed by atoms with Crippen LogP contribution in [0.15, 0.2) is 24.4 Å². The number of hydrogen-bond acceptors (Lipinski definition) is 3. The van der Waals surface area contributed by atoms with Crippen LogP contribution in [-0.2, 0) is 0 Å². The lowest BCUT2D eigenvalue weighted by atomic mass is 10.1. The Morgan fingerprint density at radius 3 is 2.78 bits per heavy atom. The topological polar surface area (TPSA) is 25.4 Å². The predicted octanol–water partition coefficient (Wildman–Crippen LogP) is 2.98. The van der Waals surface area contributed by atoms with Gasteiger partial charge in [0.1, 0.15) is 0 Å². The molecule has 0 saturated carbocycles. The molecule has 0 N–H and O–H groups in total. The van der Waals surface area contributed by atoms with E-state index in [-0.39, 0.29) is 11.6 Å². The highest BCUT2D eigenvalue weighted by molar-refractivity contribution is 5.92. The molecule has 0 unspecified atom stereocenters. The average Bonchev–Trinajstić information content (AvgIpc) is 2.90. The third kappa shape index (κ3) is 1.78. The second-order valence-corrected chi connectivity index (χ2v) is 4.53. The van der Waals surface area contributed by atoms with Gasteiger partial charge in [0.2, 0.25) is 0 Å². The van der Waals surface area contributed by atoms with Crippen LogP contribution in [0.3, 0.4) is 0 Å². The Balaban J connectivity index is 2.19. The molecule has 94 valence electrons. The second kappa shape index (κ2) is 4.44. The molecule has 0 spiro atoms. The van der Waals surface area contributed by atoms with Gasteiger partial charge in [0.05, 0.1) is 12.6 Å². The van der Waals surface area contributed by atoms with E-state index >= 15 is 0 Å². The lowest BCUT2D eigenvalue weighted by Gasteiger charge is -2.19. The number of anilines is 1. The molecule has 3 rings (SSSR count). The molecule has 1 aromatic carbocycles. The molecule has 3 nitrogen and oxygen atoms in total. The molecule has 1 aliphatic rings. The fraction of sp³-hybridized carbons (Fsp3) is 0.357. The van der Waals surface area contributed by atoms with E-state index in [1.807, 2.05) is 6.07 Å². The Labute approximate surface area is 105 Å².